The minimum Gasteiger partial charge on any atom is -0.468 e. The molecule has 0 amide bonds. The lowest BCUT2D eigenvalue weighted by Gasteiger charge is -2.21. The zero-order valence-electron chi connectivity index (χ0n) is 13.9. The molecular formula is C18H26N2O2. The Morgan fingerprint density at radius 2 is 2.00 bits per heavy atom. The summed E-state index contributed by atoms with van der Waals surface area (Å²) in [6.07, 6.45) is 2.44. The number of para-hydroxylation sites is 1. The first kappa shape index (κ1) is 18.0. The Balaban J connectivity index is 0.000000435. The number of rotatable bonds is 1. The zero-order chi connectivity index (χ0) is 16.5. The van der Waals surface area contributed by atoms with Crippen LogP contribution < -0.4 is 5.32 Å². The van der Waals surface area contributed by atoms with Crippen molar-refractivity contribution in [3.63, 3.8) is 0 Å². The summed E-state index contributed by atoms with van der Waals surface area (Å²) in [6.45, 7) is 9.93. The van der Waals surface area contributed by atoms with Crippen LogP contribution in [0.15, 0.2) is 36.9 Å². The van der Waals surface area contributed by atoms with Gasteiger partial charge in [-0.1, -0.05) is 38.1 Å². The second-order valence-electron chi connectivity index (χ2n) is 4.70. The molecule has 1 aromatic carbocycles. The molecule has 1 unspecified atom stereocenters. The maximum atomic E-state index is 11.5. The molecule has 0 fully saturated rings. The predicted octanol–water partition coefficient (Wildman–Crippen LogP) is 3.57. The van der Waals surface area contributed by atoms with Gasteiger partial charge in [-0.15, -0.1) is 6.58 Å². The minimum atomic E-state index is -0.230. The molecule has 2 N–H and O–H groups in total. The number of H-pyrrole nitrogens is 1. The second kappa shape index (κ2) is 9.05. The number of methoxy groups -OCH3 is 1. The highest BCUT2D eigenvalue weighted by Crippen LogP contribution is 2.26. The van der Waals surface area contributed by atoms with Gasteiger partial charge in [0.15, 0.2) is 0 Å². The summed E-state index contributed by atoms with van der Waals surface area (Å²) in [5, 5.41) is 4.39. The molecule has 120 valence electrons. The van der Waals surface area contributed by atoms with Crippen molar-refractivity contribution in [2.75, 3.05) is 7.11 Å². The summed E-state index contributed by atoms with van der Waals surface area (Å²) in [5.41, 5.74) is 3.53. The van der Waals surface area contributed by atoms with Crippen molar-refractivity contribution in [3.05, 3.63) is 48.2 Å². The summed E-state index contributed by atoms with van der Waals surface area (Å²) in [5.74, 6) is -0.194. The Morgan fingerprint density at radius 3 is 2.64 bits per heavy atom. The van der Waals surface area contributed by atoms with Gasteiger partial charge >= 0.3 is 5.97 Å². The molecular weight excluding hydrogens is 276 g/mol. The molecule has 2 heterocycles. The van der Waals surface area contributed by atoms with E-state index < -0.39 is 0 Å². The topological polar surface area (TPSA) is 54.1 Å². The SMILES string of the molecule is C=CC.CC.COC(=O)C1Cc2c([nH]c3ccccc23)CN1. The predicted molar refractivity (Wildman–Crippen MR) is 91.9 cm³/mol. The molecule has 0 aliphatic carbocycles. The van der Waals surface area contributed by atoms with Gasteiger partial charge in [-0.05, 0) is 18.6 Å². The van der Waals surface area contributed by atoms with Crippen LogP contribution in [0.4, 0.5) is 0 Å². The molecule has 1 aliphatic rings. The summed E-state index contributed by atoms with van der Waals surface area (Å²) >= 11 is 0. The molecule has 1 aliphatic heterocycles. The van der Waals surface area contributed by atoms with Crippen LogP contribution in [-0.2, 0) is 22.5 Å². The number of nitrogens with one attached hydrogen (secondary N) is 2. The highest BCUT2D eigenvalue weighted by Gasteiger charge is 2.27. The molecule has 22 heavy (non-hydrogen) atoms. The Morgan fingerprint density at radius 1 is 1.36 bits per heavy atom. The lowest BCUT2D eigenvalue weighted by molar-refractivity contribution is -0.143. The molecule has 3 rings (SSSR count). The van der Waals surface area contributed by atoms with E-state index in [1.807, 2.05) is 32.9 Å². The number of carbonyl (C=O) groups excluding carboxylic acids is 1. The van der Waals surface area contributed by atoms with Crippen LogP contribution in [0.1, 0.15) is 32.0 Å². The number of aromatic nitrogens is 1. The van der Waals surface area contributed by atoms with E-state index in [0.717, 1.165) is 5.52 Å². The third-order valence-corrected chi connectivity index (χ3v) is 3.32. The van der Waals surface area contributed by atoms with Crippen LogP contribution >= 0.6 is 0 Å². The minimum absolute atomic E-state index is 0.194. The van der Waals surface area contributed by atoms with Crippen molar-refractivity contribution in [1.82, 2.24) is 10.3 Å². The second-order valence-corrected chi connectivity index (χ2v) is 4.70. The average molecular weight is 302 g/mol. The first-order valence-corrected chi connectivity index (χ1v) is 7.68. The van der Waals surface area contributed by atoms with Crippen molar-refractivity contribution in [1.29, 1.82) is 0 Å². The maximum Gasteiger partial charge on any atom is 0.323 e. The van der Waals surface area contributed by atoms with E-state index in [4.69, 9.17) is 4.74 Å². The fourth-order valence-corrected chi connectivity index (χ4v) is 2.45. The molecule has 0 saturated heterocycles. The van der Waals surface area contributed by atoms with E-state index in [1.165, 1.54) is 23.8 Å². The largest absolute Gasteiger partial charge is 0.468 e. The first-order chi connectivity index (χ1) is 10.7. The standard InChI is InChI=1S/C13H14N2O2.C3H6.C2H6/c1-17-13(16)11-6-9-8-4-2-3-5-10(8)15-12(9)7-14-11;1-3-2;1-2/h2-5,11,14-15H,6-7H2,1H3;3H,1H2,2H3;1-2H3. The van der Waals surface area contributed by atoms with Gasteiger partial charge in [-0.3, -0.25) is 10.1 Å². The molecule has 0 saturated carbocycles. The maximum absolute atomic E-state index is 11.5. The summed E-state index contributed by atoms with van der Waals surface area (Å²) in [6, 6.07) is 7.94. The highest BCUT2D eigenvalue weighted by molar-refractivity contribution is 5.86. The molecule has 4 heteroatoms. The van der Waals surface area contributed by atoms with Crippen LogP contribution in [0.5, 0.6) is 0 Å². The Labute approximate surface area is 132 Å². The smallest absolute Gasteiger partial charge is 0.323 e. The summed E-state index contributed by atoms with van der Waals surface area (Å²) < 4.78 is 4.78. The quantitative estimate of drug-likeness (QED) is 0.625. The number of benzene rings is 1. The lowest BCUT2D eigenvalue weighted by Crippen LogP contribution is -2.42. The number of allylic oxidation sites excluding steroid dienone is 1. The van der Waals surface area contributed by atoms with E-state index in [0.29, 0.717) is 13.0 Å². The third-order valence-electron chi connectivity index (χ3n) is 3.32. The molecule has 1 aromatic heterocycles. The van der Waals surface area contributed by atoms with Gasteiger partial charge in [0.05, 0.1) is 7.11 Å². The number of esters is 1. The average Bonchev–Trinajstić information content (AvgIpc) is 2.94. The fraction of sp³-hybridized carbons (Fsp3) is 0.389. The van der Waals surface area contributed by atoms with Crippen LogP contribution in [0.25, 0.3) is 10.9 Å². The van der Waals surface area contributed by atoms with Gasteiger partial charge in [0.25, 0.3) is 0 Å². The monoisotopic (exact) mass is 302 g/mol. The number of fused-ring (bicyclic) bond motifs is 3. The van der Waals surface area contributed by atoms with Crippen molar-refractivity contribution in [3.8, 4) is 0 Å². The molecule has 0 radical (unpaired) electrons. The Bertz CT molecular complexity index is 617. The number of ether oxygens (including phenoxy) is 1. The van der Waals surface area contributed by atoms with Crippen molar-refractivity contribution in [2.45, 2.75) is 39.8 Å². The van der Waals surface area contributed by atoms with Crippen LogP contribution in [0, 0.1) is 0 Å². The van der Waals surface area contributed by atoms with Gasteiger partial charge in [0.2, 0.25) is 0 Å². The summed E-state index contributed by atoms with van der Waals surface area (Å²) in [4.78, 5) is 14.9. The number of hydrogen-bond acceptors (Lipinski definition) is 3. The zero-order valence-corrected chi connectivity index (χ0v) is 13.9. The van der Waals surface area contributed by atoms with E-state index in [2.05, 4.69) is 29.0 Å². The van der Waals surface area contributed by atoms with Crippen molar-refractivity contribution < 1.29 is 9.53 Å². The van der Waals surface area contributed by atoms with Crippen LogP contribution in [0.3, 0.4) is 0 Å². The van der Waals surface area contributed by atoms with E-state index in [-0.39, 0.29) is 12.0 Å². The van der Waals surface area contributed by atoms with Gasteiger partial charge in [0, 0.05) is 29.6 Å². The highest BCUT2D eigenvalue weighted by atomic mass is 16.5. The normalized spacial score (nSPS) is 15.5. The number of aromatic amines is 1. The fourth-order valence-electron chi connectivity index (χ4n) is 2.45. The summed E-state index contributed by atoms with van der Waals surface area (Å²) in [7, 11) is 1.43. The van der Waals surface area contributed by atoms with Gasteiger partial charge in [-0.25, -0.2) is 0 Å². The Hall–Kier alpha value is -2.07. The molecule has 4 nitrogen and oxygen atoms in total. The number of hydrogen-bond donors (Lipinski definition) is 2. The van der Waals surface area contributed by atoms with Gasteiger partial charge < -0.3 is 9.72 Å². The van der Waals surface area contributed by atoms with Gasteiger partial charge in [0.1, 0.15) is 6.04 Å². The molecule has 1 atom stereocenters. The lowest BCUT2D eigenvalue weighted by atomic mass is 9.99. The Kier molecular flexibility index (Phi) is 7.40. The molecule has 0 bridgehead atoms. The van der Waals surface area contributed by atoms with E-state index in [9.17, 15) is 4.79 Å². The molecule has 0 spiro atoms. The molecule has 2 aromatic rings. The van der Waals surface area contributed by atoms with Crippen LogP contribution in [0.2, 0.25) is 0 Å². The van der Waals surface area contributed by atoms with Crippen LogP contribution in [-0.4, -0.2) is 24.1 Å². The van der Waals surface area contributed by atoms with E-state index >= 15 is 0 Å². The van der Waals surface area contributed by atoms with E-state index in [1.54, 1.807) is 6.08 Å². The third kappa shape index (κ3) is 3.98. The number of carbonyl (C=O) groups is 1. The first-order valence-electron chi connectivity index (χ1n) is 7.68. The van der Waals surface area contributed by atoms with Gasteiger partial charge in [-0.2, -0.15) is 0 Å². The van der Waals surface area contributed by atoms with Crippen molar-refractivity contribution >= 4 is 16.9 Å². The van der Waals surface area contributed by atoms with Crippen molar-refractivity contribution in [2.24, 2.45) is 0 Å².